The zero-order valence-corrected chi connectivity index (χ0v) is 13.3. The van der Waals surface area contributed by atoms with Crippen LogP contribution in [0.2, 0.25) is 0 Å². The van der Waals surface area contributed by atoms with Crippen molar-refractivity contribution >= 4 is 5.91 Å². The summed E-state index contributed by atoms with van der Waals surface area (Å²) in [4.78, 5) is 11.9. The summed E-state index contributed by atoms with van der Waals surface area (Å²) >= 11 is 0. The first-order chi connectivity index (χ1) is 11.1. The zero-order chi connectivity index (χ0) is 16.7. The maximum absolute atomic E-state index is 13.5. The molecule has 5 heteroatoms. The molecule has 0 aliphatic heterocycles. The van der Waals surface area contributed by atoms with Crippen LogP contribution < -0.4 is 14.8 Å². The van der Waals surface area contributed by atoms with Crippen LogP contribution in [-0.2, 0) is 17.8 Å². The first-order valence-electron chi connectivity index (χ1n) is 7.35. The Morgan fingerprint density at radius 1 is 1.09 bits per heavy atom. The number of nitrogens with one attached hydrogen (secondary N) is 1. The molecule has 0 bridgehead atoms. The molecule has 122 valence electrons. The van der Waals surface area contributed by atoms with Gasteiger partial charge >= 0.3 is 0 Å². The zero-order valence-electron chi connectivity index (χ0n) is 13.3. The molecule has 0 aromatic heterocycles. The van der Waals surface area contributed by atoms with Crippen LogP contribution in [0.4, 0.5) is 4.39 Å². The Hall–Kier alpha value is -2.56. The highest BCUT2D eigenvalue weighted by molar-refractivity contribution is 5.76. The average Bonchev–Trinajstić information content (AvgIpc) is 2.59. The summed E-state index contributed by atoms with van der Waals surface area (Å²) in [6, 6.07) is 11.9. The Morgan fingerprint density at radius 2 is 1.87 bits per heavy atom. The summed E-state index contributed by atoms with van der Waals surface area (Å²) in [6.07, 6.45) is 0.609. The minimum atomic E-state index is -0.280. The van der Waals surface area contributed by atoms with E-state index >= 15 is 0 Å². The lowest BCUT2D eigenvalue weighted by atomic mass is 10.1. The van der Waals surface area contributed by atoms with E-state index in [1.807, 2.05) is 12.1 Å². The van der Waals surface area contributed by atoms with Gasteiger partial charge in [0.05, 0.1) is 14.2 Å². The van der Waals surface area contributed by atoms with E-state index < -0.39 is 0 Å². The Morgan fingerprint density at radius 3 is 2.57 bits per heavy atom. The Kier molecular flexibility index (Phi) is 5.97. The molecule has 0 saturated carbocycles. The number of carbonyl (C=O) groups excluding carboxylic acids is 1. The average molecular weight is 317 g/mol. The van der Waals surface area contributed by atoms with Crippen LogP contribution in [0.3, 0.4) is 0 Å². The van der Waals surface area contributed by atoms with Gasteiger partial charge < -0.3 is 14.8 Å². The second-order valence-electron chi connectivity index (χ2n) is 5.05. The van der Waals surface area contributed by atoms with Crippen LogP contribution in [0.25, 0.3) is 0 Å². The third kappa shape index (κ3) is 4.71. The Balaban J connectivity index is 1.88. The number of hydrogen-bond donors (Lipinski definition) is 1. The van der Waals surface area contributed by atoms with Crippen molar-refractivity contribution in [2.24, 2.45) is 0 Å². The highest BCUT2D eigenvalue weighted by Crippen LogP contribution is 2.24. The Bertz CT molecular complexity index is 673. The smallest absolute Gasteiger partial charge is 0.220 e. The maximum Gasteiger partial charge on any atom is 0.220 e. The first-order valence-corrected chi connectivity index (χ1v) is 7.35. The number of ether oxygens (including phenoxy) is 2. The second-order valence-corrected chi connectivity index (χ2v) is 5.05. The van der Waals surface area contributed by atoms with Gasteiger partial charge in [0.25, 0.3) is 0 Å². The van der Waals surface area contributed by atoms with Gasteiger partial charge in [-0.25, -0.2) is 4.39 Å². The summed E-state index contributed by atoms with van der Waals surface area (Å²) in [6.45, 7) is 0.350. The number of aryl methyl sites for hydroxylation is 1. The lowest BCUT2D eigenvalue weighted by molar-refractivity contribution is -0.121. The summed E-state index contributed by atoms with van der Waals surface area (Å²) in [7, 11) is 3.15. The Labute approximate surface area is 135 Å². The van der Waals surface area contributed by atoms with Crippen molar-refractivity contribution in [2.75, 3.05) is 14.2 Å². The fourth-order valence-corrected chi connectivity index (χ4v) is 2.23. The molecule has 2 aromatic rings. The molecule has 0 fully saturated rings. The normalized spacial score (nSPS) is 10.2. The minimum Gasteiger partial charge on any atom is -0.497 e. The topological polar surface area (TPSA) is 47.6 Å². The molecule has 0 heterocycles. The number of benzene rings is 2. The maximum atomic E-state index is 13.5. The molecule has 1 N–H and O–H groups in total. The molecule has 0 unspecified atom stereocenters. The van der Waals surface area contributed by atoms with Gasteiger partial charge in [0.1, 0.15) is 17.3 Å². The predicted molar refractivity (Wildman–Crippen MR) is 86.1 cm³/mol. The predicted octanol–water partition coefficient (Wildman–Crippen LogP) is 3.09. The van der Waals surface area contributed by atoms with Crippen LogP contribution in [0, 0.1) is 5.82 Å². The van der Waals surface area contributed by atoms with Crippen molar-refractivity contribution in [1.29, 1.82) is 0 Å². The standard InChI is InChI=1S/C18H20FNO3/c1-22-15-9-7-14(17(11-15)23-2)12-20-18(21)10-8-13-5-3-4-6-16(13)19/h3-7,9,11H,8,10,12H2,1-2H3,(H,20,21). The van der Waals surface area contributed by atoms with Gasteiger partial charge in [-0.1, -0.05) is 18.2 Å². The van der Waals surface area contributed by atoms with E-state index in [1.54, 1.807) is 38.5 Å². The van der Waals surface area contributed by atoms with E-state index in [0.29, 0.717) is 30.0 Å². The highest BCUT2D eigenvalue weighted by Gasteiger charge is 2.08. The van der Waals surface area contributed by atoms with Gasteiger partial charge in [-0.2, -0.15) is 0 Å². The summed E-state index contributed by atoms with van der Waals surface area (Å²) in [5.41, 5.74) is 1.40. The molecule has 1 amide bonds. The third-order valence-corrected chi connectivity index (χ3v) is 3.55. The molecule has 0 spiro atoms. The molecule has 0 radical (unpaired) electrons. The number of amides is 1. The summed E-state index contributed by atoms with van der Waals surface area (Å²) < 4.78 is 23.9. The molecule has 4 nitrogen and oxygen atoms in total. The summed E-state index contributed by atoms with van der Waals surface area (Å²) in [5.74, 6) is 0.929. The van der Waals surface area contributed by atoms with E-state index in [0.717, 1.165) is 5.56 Å². The lowest BCUT2D eigenvalue weighted by Crippen LogP contribution is -2.23. The van der Waals surface area contributed by atoms with Crippen molar-refractivity contribution in [2.45, 2.75) is 19.4 Å². The molecular weight excluding hydrogens is 297 g/mol. The van der Waals surface area contributed by atoms with E-state index in [1.165, 1.54) is 6.07 Å². The van der Waals surface area contributed by atoms with E-state index in [9.17, 15) is 9.18 Å². The quantitative estimate of drug-likeness (QED) is 0.853. The van der Waals surface area contributed by atoms with Gasteiger partial charge in [-0.3, -0.25) is 4.79 Å². The van der Waals surface area contributed by atoms with Crippen LogP contribution in [0.1, 0.15) is 17.5 Å². The number of halogens is 1. The van der Waals surface area contributed by atoms with Crippen molar-refractivity contribution in [1.82, 2.24) is 5.32 Å². The molecule has 2 rings (SSSR count). The molecule has 0 aliphatic carbocycles. The number of hydrogen-bond acceptors (Lipinski definition) is 3. The SMILES string of the molecule is COc1ccc(CNC(=O)CCc2ccccc2F)c(OC)c1. The number of carbonyl (C=O) groups is 1. The second kappa shape index (κ2) is 8.17. The van der Waals surface area contributed by atoms with Crippen molar-refractivity contribution in [3.05, 3.63) is 59.4 Å². The van der Waals surface area contributed by atoms with Crippen LogP contribution >= 0.6 is 0 Å². The van der Waals surface area contributed by atoms with Gasteiger partial charge in [0.15, 0.2) is 0 Å². The van der Waals surface area contributed by atoms with Gasteiger partial charge in [0, 0.05) is 24.6 Å². The lowest BCUT2D eigenvalue weighted by Gasteiger charge is -2.11. The molecule has 0 atom stereocenters. The number of rotatable bonds is 7. The van der Waals surface area contributed by atoms with E-state index in [2.05, 4.69) is 5.32 Å². The fraction of sp³-hybridized carbons (Fsp3) is 0.278. The van der Waals surface area contributed by atoms with Crippen molar-refractivity contribution in [3.8, 4) is 11.5 Å². The molecule has 23 heavy (non-hydrogen) atoms. The van der Waals surface area contributed by atoms with Gasteiger partial charge in [0.2, 0.25) is 5.91 Å². The molecule has 0 saturated heterocycles. The molecule has 0 aliphatic rings. The third-order valence-electron chi connectivity index (χ3n) is 3.55. The van der Waals surface area contributed by atoms with Crippen LogP contribution in [0.5, 0.6) is 11.5 Å². The largest absolute Gasteiger partial charge is 0.497 e. The molecule has 2 aromatic carbocycles. The van der Waals surface area contributed by atoms with Crippen LogP contribution in [0.15, 0.2) is 42.5 Å². The monoisotopic (exact) mass is 317 g/mol. The van der Waals surface area contributed by atoms with Crippen molar-refractivity contribution in [3.63, 3.8) is 0 Å². The number of methoxy groups -OCH3 is 2. The van der Waals surface area contributed by atoms with Crippen LogP contribution in [-0.4, -0.2) is 20.1 Å². The minimum absolute atomic E-state index is 0.133. The molecular formula is C18H20FNO3. The fourth-order valence-electron chi connectivity index (χ4n) is 2.23. The van der Waals surface area contributed by atoms with Crippen molar-refractivity contribution < 1.29 is 18.7 Å². The van der Waals surface area contributed by atoms with Gasteiger partial charge in [-0.05, 0) is 30.2 Å². The summed E-state index contributed by atoms with van der Waals surface area (Å²) in [5, 5.41) is 2.82. The van der Waals surface area contributed by atoms with E-state index in [4.69, 9.17) is 9.47 Å². The van der Waals surface area contributed by atoms with Gasteiger partial charge in [-0.15, -0.1) is 0 Å². The first kappa shape index (κ1) is 16.8. The highest BCUT2D eigenvalue weighted by atomic mass is 19.1. The van der Waals surface area contributed by atoms with E-state index in [-0.39, 0.29) is 18.1 Å².